The molecule has 0 aromatic carbocycles. The maximum atomic E-state index is 5.07. The lowest BCUT2D eigenvalue weighted by Crippen LogP contribution is -2.30. The summed E-state index contributed by atoms with van der Waals surface area (Å²) >= 11 is 0. The van der Waals surface area contributed by atoms with Gasteiger partial charge in [-0.05, 0) is 57.1 Å². The Morgan fingerprint density at radius 3 is 2.85 bits per heavy atom. The Bertz CT molecular complexity index is 471. The number of hydrogen-bond donors (Lipinski definition) is 1. The smallest absolute Gasteiger partial charge is 0.131 e. The number of hydrogen-bond acceptors (Lipinski definition) is 4. The maximum absolute atomic E-state index is 5.07. The molecular weight excluding hydrogens is 250 g/mol. The summed E-state index contributed by atoms with van der Waals surface area (Å²) in [6.07, 6.45) is 6.06. The Kier molecular flexibility index (Phi) is 4.32. The molecule has 0 saturated heterocycles. The van der Waals surface area contributed by atoms with Crippen molar-refractivity contribution >= 4 is 0 Å². The van der Waals surface area contributed by atoms with Gasteiger partial charge in [0, 0.05) is 31.0 Å². The highest BCUT2D eigenvalue weighted by Crippen LogP contribution is 2.39. The molecule has 1 aromatic rings. The highest BCUT2D eigenvalue weighted by Gasteiger charge is 2.29. The van der Waals surface area contributed by atoms with Crippen molar-refractivity contribution in [2.24, 2.45) is 5.92 Å². The van der Waals surface area contributed by atoms with Crippen LogP contribution in [0.4, 0.5) is 0 Å². The topological polar surface area (TPSA) is 47.0 Å². The van der Waals surface area contributed by atoms with E-state index >= 15 is 0 Å². The molecule has 0 aliphatic heterocycles. The summed E-state index contributed by atoms with van der Waals surface area (Å²) in [6, 6.07) is 0. The Balaban J connectivity index is 1.62. The van der Waals surface area contributed by atoms with Crippen molar-refractivity contribution < 1.29 is 4.74 Å². The molecule has 20 heavy (non-hydrogen) atoms. The van der Waals surface area contributed by atoms with E-state index in [1.807, 2.05) is 0 Å². The third kappa shape index (κ3) is 3.18. The number of fused-ring (bicyclic) bond motifs is 1. The molecule has 1 heterocycles. The van der Waals surface area contributed by atoms with Crippen molar-refractivity contribution in [3.8, 4) is 0 Å². The van der Waals surface area contributed by atoms with Crippen molar-refractivity contribution in [1.29, 1.82) is 0 Å². The first-order valence-electron chi connectivity index (χ1n) is 7.84. The molecule has 2 aliphatic carbocycles. The monoisotopic (exact) mass is 275 g/mol. The Hall–Kier alpha value is -1.00. The fourth-order valence-corrected chi connectivity index (χ4v) is 3.06. The summed E-state index contributed by atoms with van der Waals surface area (Å²) in [5, 5.41) is 3.48. The van der Waals surface area contributed by atoms with Gasteiger partial charge in [0.25, 0.3) is 0 Å². The van der Waals surface area contributed by atoms with Crippen LogP contribution in [0.15, 0.2) is 0 Å². The van der Waals surface area contributed by atoms with Gasteiger partial charge in [-0.2, -0.15) is 0 Å². The van der Waals surface area contributed by atoms with Gasteiger partial charge in [-0.25, -0.2) is 9.97 Å². The third-order valence-electron chi connectivity index (χ3n) is 4.46. The number of nitrogens with one attached hydrogen (secondary N) is 1. The molecule has 4 nitrogen and oxygen atoms in total. The molecule has 1 saturated carbocycles. The summed E-state index contributed by atoms with van der Waals surface area (Å²) in [5.41, 5.74) is 3.96. The molecule has 110 valence electrons. The first-order chi connectivity index (χ1) is 9.78. The first-order valence-corrected chi connectivity index (χ1v) is 7.84. The van der Waals surface area contributed by atoms with Gasteiger partial charge in [0.05, 0.1) is 6.61 Å². The first kappa shape index (κ1) is 14.0. The van der Waals surface area contributed by atoms with E-state index < -0.39 is 0 Å². The zero-order valence-electron chi connectivity index (χ0n) is 12.6. The van der Waals surface area contributed by atoms with Gasteiger partial charge < -0.3 is 10.1 Å². The molecule has 1 N–H and O–H groups in total. The van der Waals surface area contributed by atoms with E-state index in [0.29, 0.717) is 11.8 Å². The number of aryl methyl sites for hydroxylation is 2. The molecule has 4 heteroatoms. The molecular formula is C16H25N3O. The minimum atomic E-state index is 0.660. The molecule has 1 atom stereocenters. The highest BCUT2D eigenvalue weighted by molar-refractivity contribution is 5.29. The fourth-order valence-electron chi connectivity index (χ4n) is 3.06. The van der Waals surface area contributed by atoms with Crippen LogP contribution in [0, 0.1) is 12.8 Å². The Labute approximate surface area is 121 Å². The summed E-state index contributed by atoms with van der Waals surface area (Å²) in [5.74, 6) is 2.48. The number of aromatic nitrogens is 2. The van der Waals surface area contributed by atoms with Crippen LogP contribution < -0.4 is 5.32 Å². The van der Waals surface area contributed by atoms with Crippen molar-refractivity contribution in [1.82, 2.24) is 15.3 Å². The third-order valence-corrected chi connectivity index (χ3v) is 4.46. The second kappa shape index (κ2) is 6.19. The number of nitrogens with zero attached hydrogens (tertiary/aromatic N) is 2. The van der Waals surface area contributed by atoms with E-state index in [2.05, 4.69) is 12.2 Å². The normalized spacial score (nSPS) is 21.8. The second-order valence-electron chi connectivity index (χ2n) is 6.17. The number of rotatable bonds is 6. The van der Waals surface area contributed by atoms with Gasteiger partial charge in [-0.1, -0.05) is 0 Å². The molecule has 3 rings (SSSR count). The fraction of sp³-hybridized carbons (Fsp3) is 0.750. The van der Waals surface area contributed by atoms with Gasteiger partial charge in [0.15, 0.2) is 0 Å². The maximum Gasteiger partial charge on any atom is 0.131 e. The minimum Gasteiger partial charge on any atom is -0.383 e. The van der Waals surface area contributed by atoms with E-state index in [9.17, 15) is 0 Å². The molecule has 1 fully saturated rings. The van der Waals surface area contributed by atoms with Gasteiger partial charge >= 0.3 is 0 Å². The largest absolute Gasteiger partial charge is 0.383 e. The Morgan fingerprint density at radius 1 is 1.25 bits per heavy atom. The van der Waals surface area contributed by atoms with Gasteiger partial charge in [-0.3, -0.25) is 0 Å². The van der Waals surface area contributed by atoms with Crippen LogP contribution >= 0.6 is 0 Å². The van der Waals surface area contributed by atoms with E-state index in [1.165, 1.54) is 36.2 Å². The lowest BCUT2D eigenvalue weighted by atomic mass is 9.85. The van der Waals surface area contributed by atoms with Gasteiger partial charge in [0.1, 0.15) is 5.82 Å². The number of ether oxygens (including phenoxy) is 1. The average molecular weight is 275 g/mol. The average Bonchev–Trinajstić information content (AvgIpc) is 3.28. The second-order valence-corrected chi connectivity index (χ2v) is 6.17. The van der Waals surface area contributed by atoms with Crippen LogP contribution in [0.2, 0.25) is 0 Å². The van der Waals surface area contributed by atoms with Crippen LogP contribution in [0.5, 0.6) is 0 Å². The summed E-state index contributed by atoms with van der Waals surface area (Å²) in [7, 11) is 1.75. The predicted molar refractivity (Wildman–Crippen MR) is 79.0 cm³/mol. The standard InChI is InChI=1S/C16H25N3O/c1-11-14-9-12(10-17-7-8-20-2)3-6-15(14)19-16(18-11)13-4-5-13/h12-13,17H,3-10H2,1-2H3. The van der Waals surface area contributed by atoms with E-state index in [-0.39, 0.29) is 0 Å². The van der Waals surface area contributed by atoms with E-state index in [1.54, 1.807) is 7.11 Å². The lowest BCUT2D eigenvalue weighted by Gasteiger charge is -2.25. The van der Waals surface area contributed by atoms with Crippen LogP contribution in [0.1, 0.15) is 48.0 Å². The van der Waals surface area contributed by atoms with Crippen molar-refractivity contribution in [2.45, 2.75) is 44.9 Å². The van der Waals surface area contributed by atoms with E-state index in [0.717, 1.165) is 38.4 Å². The zero-order valence-corrected chi connectivity index (χ0v) is 12.6. The van der Waals surface area contributed by atoms with Crippen molar-refractivity contribution in [2.75, 3.05) is 26.8 Å². The molecule has 0 amide bonds. The van der Waals surface area contributed by atoms with Gasteiger partial charge in [0.2, 0.25) is 0 Å². The van der Waals surface area contributed by atoms with Crippen LogP contribution in [0.3, 0.4) is 0 Å². The predicted octanol–water partition coefficient (Wildman–Crippen LogP) is 2.00. The molecule has 0 spiro atoms. The quantitative estimate of drug-likeness (QED) is 0.807. The summed E-state index contributed by atoms with van der Waals surface area (Å²) < 4.78 is 5.07. The van der Waals surface area contributed by atoms with Crippen LogP contribution in [-0.4, -0.2) is 36.8 Å². The summed E-state index contributed by atoms with van der Waals surface area (Å²) in [4.78, 5) is 9.57. The Morgan fingerprint density at radius 2 is 2.10 bits per heavy atom. The summed E-state index contributed by atoms with van der Waals surface area (Å²) in [6.45, 7) is 4.96. The minimum absolute atomic E-state index is 0.660. The highest BCUT2D eigenvalue weighted by atomic mass is 16.5. The molecule has 1 unspecified atom stereocenters. The SMILES string of the molecule is COCCNCC1CCc2nc(C3CC3)nc(C)c2C1. The zero-order chi connectivity index (χ0) is 13.9. The van der Waals surface area contributed by atoms with Crippen molar-refractivity contribution in [3.05, 3.63) is 22.8 Å². The molecule has 1 aromatic heterocycles. The van der Waals surface area contributed by atoms with Crippen LogP contribution in [-0.2, 0) is 17.6 Å². The van der Waals surface area contributed by atoms with Gasteiger partial charge in [-0.15, -0.1) is 0 Å². The number of methoxy groups -OCH3 is 1. The molecule has 0 bridgehead atoms. The lowest BCUT2D eigenvalue weighted by molar-refractivity contribution is 0.197. The van der Waals surface area contributed by atoms with Crippen LogP contribution in [0.25, 0.3) is 0 Å². The molecule has 2 aliphatic rings. The molecule has 0 radical (unpaired) electrons. The van der Waals surface area contributed by atoms with E-state index in [4.69, 9.17) is 14.7 Å². The van der Waals surface area contributed by atoms with Crippen molar-refractivity contribution in [3.63, 3.8) is 0 Å².